The predicted octanol–water partition coefficient (Wildman–Crippen LogP) is 15.5. The Kier molecular flexibility index (Phi) is 38.4. The molecule has 1 aliphatic rings. The second-order valence-electron chi connectivity index (χ2n) is 19.3. The summed E-state index contributed by atoms with van der Waals surface area (Å²) >= 11 is 0. The number of hydrogen-bond donors (Lipinski definition) is 0. The Morgan fingerprint density at radius 2 is 0.867 bits per heavy atom. The van der Waals surface area contributed by atoms with Gasteiger partial charge in [-0.2, -0.15) is 0 Å². The molecular weight excluding hydrogens is 747 g/mol. The van der Waals surface area contributed by atoms with Crippen LogP contribution in [0.4, 0.5) is 0 Å². The summed E-state index contributed by atoms with van der Waals surface area (Å²) in [7, 11) is 4.27. The lowest BCUT2D eigenvalue weighted by Crippen LogP contribution is -2.31. The van der Waals surface area contributed by atoms with Crippen molar-refractivity contribution >= 4 is 11.9 Å². The first-order chi connectivity index (χ1) is 29.3. The van der Waals surface area contributed by atoms with E-state index in [1.165, 1.54) is 180 Å². The summed E-state index contributed by atoms with van der Waals surface area (Å²) in [4.78, 5) is 27.3. The van der Waals surface area contributed by atoms with Crippen LogP contribution in [-0.2, 0) is 28.5 Å². The van der Waals surface area contributed by atoms with Gasteiger partial charge in [0.1, 0.15) is 0 Å². The van der Waals surface area contributed by atoms with E-state index >= 15 is 0 Å². The van der Waals surface area contributed by atoms with Crippen molar-refractivity contribution in [2.75, 3.05) is 40.5 Å². The molecule has 1 atom stereocenters. The Bertz CT molecular complexity index is 878. The zero-order chi connectivity index (χ0) is 43.8. The zero-order valence-electron chi connectivity index (χ0n) is 41.1. The van der Waals surface area contributed by atoms with E-state index in [9.17, 15) is 9.59 Å². The van der Waals surface area contributed by atoms with Crippen molar-refractivity contribution < 1.29 is 28.5 Å². The van der Waals surface area contributed by atoms with Crippen LogP contribution in [-0.4, -0.2) is 69.2 Å². The van der Waals surface area contributed by atoms with Crippen LogP contribution in [0.5, 0.6) is 0 Å². The highest BCUT2D eigenvalue weighted by molar-refractivity contribution is 5.70. The smallest absolute Gasteiger partial charge is 0.306 e. The first kappa shape index (κ1) is 56.8. The first-order valence-corrected chi connectivity index (χ1v) is 26.5. The van der Waals surface area contributed by atoms with Crippen molar-refractivity contribution in [1.82, 2.24) is 4.90 Å². The molecule has 0 saturated carbocycles. The van der Waals surface area contributed by atoms with Crippen LogP contribution in [0.2, 0.25) is 0 Å². The molecule has 0 amide bonds. The van der Waals surface area contributed by atoms with Crippen LogP contribution in [0.25, 0.3) is 0 Å². The van der Waals surface area contributed by atoms with Crippen LogP contribution in [0.3, 0.4) is 0 Å². The molecule has 0 bridgehead atoms. The van der Waals surface area contributed by atoms with Gasteiger partial charge >= 0.3 is 11.9 Å². The Morgan fingerprint density at radius 1 is 0.517 bits per heavy atom. The number of ether oxygens (including phenoxy) is 4. The SMILES string of the molecule is CCCCCC(CCCCC)CC(=O)OCCCCCCCCCCC1(CCCCCCCCCCOC(=O)CC(CCCCC)CCCCC)OCC(CCN(C)C)O1. The van der Waals surface area contributed by atoms with Crippen molar-refractivity contribution in [3.05, 3.63) is 0 Å². The number of esters is 2. The summed E-state index contributed by atoms with van der Waals surface area (Å²) in [5, 5.41) is 0. The molecule has 0 aromatic carbocycles. The molecule has 60 heavy (non-hydrogen) atoms. The Morgan fingerprint density at radius 3 is 1.22 bits per heavy atom. The van der Waals surface area contributed by atoms with Gasteiger partial charge in [-0.15, -0.1) is 0 Å². The molecule has 1 saturated heterocycles. The first-order valence-electron chi connectivity index (χ1n) is 26.5. The molecule has 1 unspecified atom stereocenters. The van der Waals surface area contributed by atoms with E-state index in [-0.39, 0.29) is 23.8 Å². The molecule has 7 heteroatoms. The van der Waals surface area contributed by atoms with Crippen molar-refractivity contribution in [3.8, 4) is 0 Å². The van der Waals surface area contributed by atoms with E-state index in [0.29, 0.717) is 37.9 Å². The molecule has 0 radical (unpaired) electrons. The Labute approximate surface area is 373 Å². The molecule has 0 spiro atoms. The standard InChI is InChI=1S/C53H103NO6/c1-7-11-27-35-48(36-28-12-8-2)45-51(55)57-43-33-25-21-17-15-19-23-31-40-53(59-47-50(60-53)39-42-54(5)6)41-32-24-20-16-18-22-26-34-44-58-52(56)46-49(37-29-13-9-3)38-30-14-10-4/h48-50H,7-47H2,1-6H3. The van der Waals surface area contributed by atoms with Gasteiger partial charge in [0.15, 0.2) is 5.79 Å². The minimum Gasteiger partial charge on any atom is -0.466 e. The third-order valence-corrected chi connectivity index (χ3v) is 13.0. The van der Waals surface area contributed by atoms with E-state index in [1.807, 2.05) is 0 Å². The maximum Gasteiger partial charge on any atom is 0.306 e. The lowest BCUT2D eigenvalue weighted by Gasteiger charge is -2.29. The van der Waals surface area contributed by atoms with Crippen molar-refractivity contribution in [2.24, 2.45) is 11.8 Å². The van der Waals surface area contributed by atoms with Gasteiger partial charge in [0, 0.05) is 32.2 Å². The third-order valence-electron chi connectivity index (χ3n) is 13.0. The van der Waals surface area contributed by atoms with Gasteiger partial charge in [-0.1, -0.05) is 182 Å². The van der Waals surface area contributed by atoms with E-state index in [1.54, 1.807) is 0 Å². The van der Waals surface area contributed by atoms with Gasteiger partial charge in [0.2, 0.25) is 0 Å². The normalized spacial score (nSPS) is 15.2. The highest BCUT2D eigenvalue weighted by Gasteiger charge is 2.40. The highest BCUT2D eigenvalue weighted by Crippen LogP contribution is 2.36. The van der Waals surface area contributed by atoms with Gasteiger partial charge in [0.25, 0.3) is 0 Å². The minimum absolute atomic E-state index is 0.0261. The number of hydrogen-bond acceptors (Lipinski definition) is 7. The number of nitrogens with zero attached hydrogens (tertiary/aromatic N) is 1. The summed E-state index contributed by atoms with van der Waals surface area (Å²) in [6.45, 7) is 11.9. The van der Waals surface area contributed by atoms with Gasteiger partial charge < -0.3 is 23.8 Å². The van der Waals surface area contributed by atoms with Gasteiger partial charge in [-0.05, 0) is 83.7 Å². The Hall–Kier alpha value is -1.18. The number of carbonyl (C=O) groups is 2. The fourth-order valence-corrected chi connectivity index (χ4v) is 9.05. The zero-order valence-corrected chi connectivity index (χ0v) is 41.1. The lowest BCUT2D eigenvalue weighted by molar-refractivity contribution is -0.180. The predicted molar refractivity (Wildman–Crippen MR) is 255 cm³/mol. The van der Waals surface area contributed by atoms with Gasteiger partial charge in [0.05, 0.1) is 25.9 Å². The number of rotatable bonds is 45. The molecule has 7 nitrogen and oxygen atoms in total. The van der Waals surface area contributed by atoms with Crippen LogP contribution in [0.15, 0.2) is 0 Å². The molecule has 1 fully saturated rings. The largest absolute Gasteiger partial charge is 0.466 e. The topological polar surface area (TPSA) is 74.3 Å². The molecule has 0 aromatic rings. The van der Waals surface area contributed by atoms with E-state index in [2.05, 4.69) is 46.7 Å². The fourth-order valence-electron chi connectivity index (χ4n) is 9.05. The second kappa shape index (κ2) is 40.6. The number of unbranched alkanes of at least 4 members (excludes halogenated alkanes) is 22. The quantitative estimate of drug-likeness (QED) is 0.0446. The monoisotopic (exact) mass is 850 g/mol. The summed E-state index contributed by atoms with van der Waals surface area (Å²) in [6, 6.07) is 0. The minimum atomic E-state index is -0.387. The maximum absolute atomic E-state index is 12.5. The summed E-state index contributed by atoms with van der Waals surface area (Å²) in [5.74, 6) is 0.680. The van der Waals surface area contributed by atoms with Crippen molar-refractivity contribution in [2.45, 2.75) is 277 Å². The highest BCUT2D eigenvalue weighted by atomic mass is 16.7. The summed E-state index contributed by atoms with van der Waals surface area (Å²) in [6.07, 6.45) is 43.4. The number of carbonyl (C=O) groups excluding carboxylic acids is 2. The fraction of sp³-hybridized carbons (Fsp3) is 0.962. The second-order valence-corrected chi connectivity index (χ2v) is 19.3. The average molecular weight is 850 g/mol. The van der Waals surface area contributed by atoms with Crippen LogP contribution in [0, 0.1) is 11.8 Å². The molecular formula is C53H103NO6. The molecule has 1 aliphatic heterocycles. The molecule has 0 aromatic heterocycles. The Balaban J connectivity index is 2.21. The summed E-state index contributed by atoms with van der Waals surface area (Å²) < 4.78 is 24.5. The van der Waals surface area contributed by atoms with Gasteiger partial charge in [-0.25, -0.2) is 0 Å². The third kappa shape index (κ3) is 33.4. The molecule has 0 N–H and O–H groups in total. The maximum atomic E-state index is 12.5. The molecule has 1 rings (SSSR count). The van der Waals surface area contributed by atoms with Crippen LogP contribution in [0.1, 0.15) is 265 Å². The lowest BCUT2D eigenvalue weighted by atomic mass is 9.92. The summed E-state index contributed by atoms with van der Waals surface area (Å²) in [5.41, 5.74) is 0. The van der Waals surface area contributed by atoms with E-state index in [0.717, 1.165) is 58.1 Å². The molecule has 1 heterocycles. The molecule has 356 valence electrons. The van der Waals surface area contributed by atoms with Crippen molar-refractivity contribution in [1.29, 1.82) is 0 Å². The van der Waals surface area contributed by atoms with Crippen LogP contribution >= 0.6 is 0 Å². The van der Waals surface area contributed by atoms with Crippen molar-refractivity contribution in [3.63, 3.8) is 0 Å². The van der Waals surface area contributed by atoms with Gasteiger partial charge in [-0.3, -0.25) is 9.59 Å². The van der Waals surface area contributed by atoms with E-state index in [4.69, 9.17) is 18.9 Å². The average Bonchev–Trinajstić information content (AvgIpc) is 3.64. The molecule has 0 aliphatic carbocycles. The van der Waals surface area contributed by atoms with E-state index < -0.39 is 0 Å². The van der Waals surface area contributed by atoms with Crippen LogP contribution < -0.4 is 0 Å².